The highest BCUT2D eigenvalue weighted by molar-refractivity contribution is 6.07. The topological polar surface area (TPSA) is 75.7 Å². The largest absolute Gasteiger partial charge is 0.462 e. The highest BCUT2D eigenvalue weighted by Gasteiger charge is 2.37. The predicted molar refractivity (Wildman–Crippen MR) is 112 cm³/mol. The van der Waals surface area contributed by atoms with E-state index in [1.54, 1.807) is 31.2 Å². The van der Waals surface area contributed by atoms with Gasteiger partial charge in [-0.05, 0) is 43.5 Å². The molecule has 1 heterocycles. The Balaban J connectivity index is 1.80. The summed E-state index contributed by atoms with van der Waals surface area (Å²) in [7, 11) is 0. The van der Waals surface area contributed by atoms with E-state index >= 15 is 0 Å². The number of para-hydroxylation sites is 2. The second-order valence-electron chi connectivity index (χ2n) is 7.09. The fraction of sp³-hybridized carbons (Fsp3) is 0.348. The molecule has 1 aliphatic heterocycles. The normalized spacial score (nSPS) is 16.0. The Kier molecular flexibility index (Phi) is 6.32. The molecule has 0 aliphatic carbocycles. The van der Waals surface area contributed by atoms with Crippen LogP contribution in [0.1, 0.15) is 41.8 Å². The molecule has 0 aromatic heterocycles. The Hall–Kier alpha value is -3.15. The summed E-state index contributed by atoms with van der Waals surface area (Å²) >= 11 is 0. The van der Waals surface area contributed by atoms with Crippen LogP contribution in [0.15, 0.2) is 42.5 Å². The van der Waals surface area contributed by atoms with Gasteiger partial charge in [0.1, 0.15) is 0 Å². The van der Waals surface area contributed by atoms with Crippen LogP contribution in [0.4, 0.5) is 11.4 Å². The van der Waals surface area contributed by atoms with Crippen LogP contribution >= 0.6 is 0 Å². The first-order valence-corrected chi connectivity index (χ1v) is 9.92. The van der Waals surface area contributed by atoms with E-state index in [4.69, 9.17) is 4.74 Å². The summed E-state index contributed by atoms with van der Waals surface area (Å²) < 4.78 is 5.10. The van der Waals surface area contributed by atoms with Gasteiger partial charge in [0.25, 0.3) is 0 Å². The van der Waals surface area contributed by atoms with Crippen LogP contribution < -0.4 is 10.2 Å². The van der Waals surface area contributed by atoms with Gasteiger partial charge in [-0.15, -0.1) is 0 Å². The number of carbonyl (C=O) groups excluding carboxylic acids is 3. The lowest BCUT2D eigenvalue weighted by atomic mass is 10.0. The van der Waals surface area contributed by atoms with Crippen LogP contribution in [0.5, 0.6) is 0 Å². The summed E-state index contributed by atoms with van der Waals surface area (Å²) in [6.45, 7) is 6.21. The van der Waals surface area contributed by atoms with Crippen LogP contribution in [0.2, 0.25) is 0 Å². The molecule has 1 unspecified atom stereocenters. The quantitative estimate of drug-likeness (QED) is 0.758. The van der Waals surface area contributed by atoms with Crippen molar-refractivity contribution >= 4 is 29.2 Å². The van der Waals surface area contributed by atoms with Crippen molar-refractivity contribution in [3.05, 3.63) is 59.2 Å². The molecule has 0 radical (unpaired) electrons. The van der Waals surface area contributed by atoms with Crippen LogP contribution in [-0.2, 0) is 20.7 Å². The number of carbonyl (C=O) groups is 3. The van der Waals surface area contributed by atoms with Gasteiger partial charge in [-0.3, -0.25) is 9.59 Å². The molecule has 1 saturated heterocycles. The van der Waals surface area contributed by atoms with Gasteiger partial charge in [-0.1, -0.05) is 37.3 Å². The van der Waals surface area contributed by atoms with E-state index in [1.165, 1.54) is 4.90 Å². The summed E-state index contributed by atoms with van der Waals surface area (Å²) in [5.74, 6) is -1.32. The Labute approximate surface area is 170 Å². The molecule has 6 heteroatoms. The van der Waals surface area contributed by atoms with E-state index < -0.39 is 11.9 Å². The second-order valence-corrected chi connectivity index (χ2v) is 7.09. The molecule has 1 fully saturated rings. The molecule has 152 valence electrons. The lowest BCUT2D eigenvalue weighted by molar-refractivity contribution is -0.122. The molecule has 29 heavy (non-hydrogen) atoms. The smallest absolute Gasteiger partial charge is 0.340 e. The number of ether oxygens (including phenoxy) is 1. The number of hydrogen-bond donors (Lipinski definition) is 1. The van der Waals surface area contributed by atoms with Crippen molar-refractivity contribution in [1.29, 1.82) is 0 Å². The van der Waals surface area contributed by atoms with E-state index in [-0.39, 0.29) is 31.4 Å². The number of rotatable bonds is 6. The minimum atomic E-state index is -0.484. The van der Waals surface area contributed by atoms with Crippen LogP contribution in [-0.4, -0.2) is 30.9 Å². The first kappa shape index (κ1) is 20.6. The molecule has 6 nitrogen and oxygen atoms in total. The van der Waals surface area contributed by atoms with Crippen molar-refractivity contribution in [2.45, 2.75) is 33.6 Å². The summed E-state index contributed by atoms with van der Waals surface area (Å²) in [6.07, 6.45) is 0.913. The van der Waals surface area contributed by atoms with Gasteiger partial charge in [-0.2, -0.15) is 0 Å². The van der Waals surface area contributed by atoms with E-state index in [1.807, 2.05) is 32.0 Å². The highest BCUT2D eigenvalue weighted by Crippen LogP contribution is 2.30. The third kappa shape index (κ3) is 4.31. The Morgan fingerprint density at radius 2 is 1.90 bits per heavy atom. The molecule has 1 atom stereocenters. The maximum absolute atomic E-state index is 12.9. The molecule has 0 spiro atoms. The van der Waals surface area contributed by atoms with Crippen LogP contribution in [0, 0.1) is 12.8 Å². The van der Waals surface area contributed by atoms with Gasteiger partial charge in [0.15, 0.2) is 0 Å². The van der Waals surface area contributed by atoms with Gasteiger partial charge in [0.2, 0.25) is 11.8 Å². The third-order valence-corrected chi connectivity index (χ3v) is 5.17. The van der Waals surface area contributed by atoms with Crippen molar-refractivity contribution in [1.82, 2.24) is 0 Å². The van der Waals surface area contributed by atoms with Crippen molar-refractivity contribution in [2.75, 3.05) is 23.4 Å². The minimum Gasteiger partial charge on any atom is -0.462 e. The fourth-order valence-electron chi connectivity index (χ4n) is 3.63. The van der Waals surface area contributed by atoms with Gasteiger partial charge in [0, 0.05) is 18.7 Å². The molecule has 2 aromatic carbocycles. The number of amides is 2. The summed E-state index contributed by atoms with van der Waals surface area (Å²) in [5.41, 5.74) is 3.68. The molecule has 1 aliphatic rings. The number of anilines is 2. The Morgan fingerprint density at radius 3 is 2.62 bits per heavy atom. The maximum atomic E-state index is 12.9. The number of hydrogen-bond acceptors (Lipinski definition) is 4. The zero-order chi connectivity index (χ0) is 21.0. The zero-order valence-electron chi connectivity index (χ0n) is 17.0. The molecular formula is C23H26N2O4. The Bertz CT molecular complexity index is 938. The number of esters is 1. The summed E-state index contributed by atoms with van der Waals surface area (Å²) in [6, 6.07) is 12.7. The summed E-state index contributed by atoms with van der Waals surface area (Å²) in [5, 5.41) is 3.01. The number of aryl methyl sites for hydroxylation is 2. The predicted octanol–water partition coefficient (Wildman–Crippen LogP) is 3.73. The van der Waals surface area contributed by atoms with Crippen molar-refractivity contribution < 1.29 is 19.1 Å². The van der Waals surface area contributed by atoms with Gasteiger partial charge in [-0.25, -0.2) is 4.79 Å². The van der Waals surface area contributed by atoms with Crippen molar-refractivity contribution in [3.63, 3.8) is 0 Å². The van der Waals surface area contributed by atoms with E-state index in [0.29, 0.717) is 11.3 Å². The van der Waals surface area contributed by atoms with E-state index in [9.17, 15) is 14.4 Å². The van der Waals surface area contributed by atoms with Crippen LogP contribution in [0.3, 0.4) is 0 Å². The molecule has 2 aromatic rings. The molecule has 0 bridgehead atoms. The molecule has 0 saturated carbocycles. The molecular weight excluding hydrogens is 368 g/mol. The lowest BCUT2D eigenvalue weighted by Crippen LogP contribution is -2.29. The average molecular weight is 394 g/mol. The zero-order valence-corrected chi connectivity index (χ0v) is 17.0. The van der Waals surface area contributed by atoms with Gasteiger partial charge >= 0.3 is 5.97 Å². The average Bonchev–Trinajstić information content (AvgIpc) is 3.11. The monoisotopic (exact) mass is 394 g/mol. The molecule has 2 amide bonds. The minimum absolute atomic E-state index is 0.107. The lowest BCUT2D eigenvalue weighted by Gasteiger charge is -2.20. The number of nitrogens with zero attached hydrogens (tertiary/aromatic N) is 1. The maximum Gasteiger partial charge on any atom is 0.340 e. The SMILES string of the molecule is CCOC(=O)c1ccccc1N1CC(C(=O)Nc2c(C)cccc2CC)CC1=O. The van der Waals surface area contributed by atoms with Gasteiger partial charge in [0.05, 0.1) is 23.8 Å². The van der Waals surface area contributed by atoms with Crippen molar-refractivity contribution in [2.24, 2.45) is 5.92 Å². The van der Waals surface area contributed by atoms with Crippen molar-refractivity contribution in [3.8, 4) is 0 Å². The highest BCUT2D eigenvalue weighted by atomic mass is 16.5. The first-order valence-electron chi connectivity index (χ1n) is 9.92. The Morgan fingerprint density at radius 1 is 1.14 bits per heavy atom. The fourth-order valence-corrected chi connectivity index (χ4v) is 3.63. The van der Waals surface area contributed by atoms with E-state index in [2.05, 4.69) is 5.32 Å². The summed E-state index contributed by atoms with van der Waals surface area (Å²) in [4.78, 5) is 39.3. The number of benzene rings is 2. The van der Waals surface area contributed by atoms with Gasteiger partial charge < -0.3 is 15.0 Å². The van der Waals surface area contributed by atoms with Crippen LogP contribution in [0.25, 0.3) is 0 Å². The third-order valence-electron chi connectivity index (χ3n) is 5.17. The molecule has 3 rings (SSSR count). The van der Waals surface area contributed by atoms with E-state index in [0.717, 1.165) is 23.2 Å². The standard InChI is InChI=1S/C23H26N2O4/c1-4-16-10-8-9-15(3)21(16)24-22(27)17-13-20(26)25(14-17)19-12-7-6-11-18(19)23(28)29-5-2/h6-12,17H,4-5,13-14H2,1-3H3,(H,24,27). The second kappa shape index (κ2) is 8.90. The first-order chi connectivity index (χ1) is 14.0. The molecule has 1 N–H and O–H groups in total. The number of nitrogens with one attached hydrogen (secondary N) is 1.